The number of aliphatic imine (C=N–C) groups is 1. The molecular formula is C14H10BrN3S. The molecule has 5 heteroatoms. The fourth-order valence-corrected chi connectivity index (χ4v) is 2.64. The van der Waals surface area contributed by atoms with E-state index in [2.05, 4.69) is 37.5 Å². The fourth-order valence-electron chi connectivity index (χ4n) is 1.61. The van der Waals surface area contributed by atoms with Gasteiger partial charge in [0.05, 0.1) is 5.69 Å². The van der Waals surface area contributed by atoms with Gasteiger partial charge < -0.3 is 0 Å². The number of halogens is 1. The Balaban J connectivity index is 1.75. The molecule has 0 aromatic heterocycles. The van der Waals surface area contributed by atoms with Gasteiger partial charge in [0.25, 0.3) is 0 Å². The molecule has 19 heavy (non-hydrogen) atoms. The Hall–Kier alpha value is -1.59. The molecule has 1 N–H and O–H groups in total. The van der Waals surface area contributed by atoms with Crippen LogP contribution in [0.1, 0.15) is 5.56 Å². The zero-order valence-electron chi connectivity index (χ0n) is 9.88. The molecule has 0 saturated heterocycles. The quantitative estimate of drug-likeness (QED) is 0.788. The predicted molar refractivity (Wildman–Crippen MR) is 85.1 cm³/mol. The molecule has 0 fully saturated rings. The summed E-state index contributed by atoms with van der Waals surface area (Å²) in [5, 5.41) is 4.94. The second-order valence-corrected chi connectivity index (χ2v) is 5.84. The number of nitrogens with one attached hydrogen (secondary N) is 1. The summed E-state index contributed by atoms with van der Waals surface area (Å²) in [5.41, 5.74) is 5.07. The third-order valence-corrected chi connectivity index (χ3v) is 4.04. The number of nitrogens with zero attached hydrogens (tertiary/aromatic N) is 2. The van der Waals surface area contributed by atoms with Crippen molar-refractivity contribution in [1.29, 1.82) is 0 Å². The highest BCUT2D eigenvalue weighted by atomic mass is 79.9. The molecule has 94 valence electrons. The van der Waals surface area contributed by atoms with Crippen molar-refractivity contribution >= 4 is 44.8 Å². The van der Waals surface area contributed by atoms with E-state index in [1.54, 1.807) is 11.8 Å². The first-order chi connectivity index (χ1) is 9.31. The fraction of sp³-hybridized carbons (Fsp3) is 0. The van der Waals surface area contributed by atoms with Crippen LogP contribution in [-0.4, -0.2) is 11.4 Å². The Morgan fingerprint density at radius 2 is 1.89 bits per heavy atom. The topological polar surface area (TPSA) is 36.8 Å². The van der Waals surface area contributed by atoms with Gasteiger partial charge in [-0.2, -0.15) is 0 Å². The number of thioether (sulfide) groups is 1. The SMILES string of the molecule is Brc1ccc(C=NC2=NNc3ccccc3S2)cc1. The van der Waals surface area contributed by atoms with E-state index in [4.69, 9.17) is 0 Å². The van der Waals surface area contributed by atoms with Crippen LogP contribution >= 0.6 is 27.7 Å². The number of fused-ring (bicyclic) bond motifs is 1. The Labute approximate surface area is 124 Å². The Morgan fingerprint density at radius 3 is 2.74 bits per heavy atom. The van der Waals surface area contributed by atoms with Crippen molar-refractivity contribution in [3.05, 3.63) is 58.6 Å². The maximum atomic E-state index is 4.39. The number of hydrogen-bond donors (Lipinski definition) is 1. The lowest BCUT2D eigenvalue weighted by molar-refractivity contribution is 1.27. The molecule has 2 aromatic rings. The summed E-state index contributed by atoms with van der Waals surface area (Å²) in [6.45, 7) is 0. The lowest BCUT2D eigenvalue weighted by Crippen LogP contribution is -2.03. The normalized spacial score (nSPS) is 13.8. The smallest absolute Gasteiger partial charge is 0.211 e. The second kappa shape index (κ2) is 5.59. The van der Waals surface area contributed by atoms with Crippen LogP contribution in [0.3, 0.4) is 0 Å². The highest BCUT2D eigenvalue weighted by Crippen LogP contribution is 2.31. The maximum Gasteiger partial charge on any atom is 0.211 e. The van der Waals surface area contributed by atoms with E-state index >= 15 is 0 Å². The average molecular weight is 332 g/mol. The van der Waals surface area contributed by atoms with Crippen molar-refractivity contribution in [2.75, 3.05) is 5.43 Å². The third-order valence-electron chi connectivity index (χ3n) is 2.55. The Morgan fingerprint density at radius 1 is 1.11 bits per heavy atom. The number of amidine groups is 1. The molecule has 0 radical (unpaired) electrons. The first-order valence-electron chi connectivity index (χ1n) is 5.71. The molecule has 0 aliphatic carbocycles. The monoisotopic (exact) mass is 331 g/mol. The highest BCUT2D eigenvalue weighted by molar-refractivity contribution is 9.10. The van der Waals surface area contributed by atoms with E-state index < -0.39 is 0 Å². The maximum absolute atomic E-state index is 4.39. The molecule has 2 aromatic carbocycles. The standard InChI is InChI=1S/C14H10BrN3S/c15-11-7-5-10(6-8-11)9-16-14-18-17-12-3-1-2-4-13(12)19-14/h1-9,17H. The summed E-state index contributed by atoms with van der Waals surface area (Å²) in [6, 6.07) is 16.0. The van der Waals surface area contributed by atoms with Gasteiger partial charge >= 0.3 is 0 Å². The van der Waals surface area contributed by atoms with Crippen LogP contribution in [0.15, 0.2) is 68.0 Å². The van der Waals surface area contributed by atoms with Crippen LogP contribution in [0.5, 0.6) is 0 Å². The lowest BCUT2D eigenvalue weighted by Gasteiger charge is -2.13. The van der Waals surface area contributed by atoms with E-state index in [-0.39, 0.29) is 0 Å². The summed E-state index contributed by atoms with van der Waals surface area (Å²) in [6.07, 6.45) is 1.81. The van der Waals surface area contributed by atoms with Gasteiger partial charge in [0.2, 0.25) is 5.17 Å². The van der Waals surface area contributed by atoms with Gasteiger partial charge in [-0.25, -0.2) is 4.99 Å². The molecule has 0 unspecified atom stereocenters. The van der Waals surface area contributed by atoms with Gasteiger partial charge in [-0.05, 0) is 41.6 Å². The number of rotatable bonds is 1. The third kappa shape index (κ3) is 3.05. The number of benzene rings is 2. The van der Waals surface area contributed by atoms with Crippen LogP contribution in [0, 0.1) is 0 Å². The van der Waals surface area contributed by atoms with Crippen molar-refractivity contribution in [3.8, 4) is 0 Å². The Kier molecular flexibility index (Phi) is 3.66. The van der Waals surface area contributed by atoms with E-state index in [1.807, 2.05) is 48.7 Å². The van der Waals surface area contributed by atoms with Crippen molar-refractivity contribution in [2.45, 2.75) is 4.90 Å². The number of hydrazone groups is 1. The van der Waals surface area contributed by atoms with Crippen LogP contribution in [0.2, 0.25) is 0 Å². The Bertz CT molecular complexity index is 650. The molecule has 0 atom stereocenters. The number of anilines is 1. The minimum Gasteiger partial charge on any atom is -0.275 e. The average Bonchev–Trinajstić information content (AvgIpc) is 2.46. The van der Waals surface area contributed by atoms with Crippen LogP contribution < -0.4 is 5.43 Å². The first-order valence-corrected chi connectivity index (χ1v) is 7.32. The molecule has 0 spiro atoms. The summed E-state index contributed by atoms with van der Waals surface area (Å²) < 4.78 is 1.06. The van der Waals surface area contributed by atoms with Gasteiger partial charge in [-0.15, -0.1) is 5.10 Å². The number of para-hydroxylation sites is 1. The molecule has 0 amide bonds. The summed E-state index contributed by atoms with van der Waals surface area (Å²) >= 11 is 4.97. The molecule has 1 aliphatic rings. The van der Waals surface area contributed by atoms with E-state index in [0.717, 1.165) is 20.6 Å². The van der Waals surface area contributed by atoms with Gasteiger partial charge in [0.1, 0.15) is 0 Å². The van der Waals surface area contributed by atoms with Crippen molar-refractivity contribution in [1.82, 2.24) is 0 Å². The molecular weight excluding hydrogens is 322 g/mol. The van der Waals surface area contributed by atoms with Gasteiger partial charge in [-0.3, -0.25) is 5.43 Å². The molecule has 0 saturated carbocycles. The van der Waals surface area contributed by atoms with Gasteiger partial charge in [0, 0.05) is 15.6 Å². The van der Waals surface area contributed by atoms with Crippen LogP contribution in [0.4, 0.5) is 5.69 Å². The molecule has 1 aliphatic heterocycles. The lowest BCUT2D eigenvalue weighted by atomic mass is 10.2. The minimum absolute atomic E-state index is 0.710. The summed E-state index contributed by atoms with van der Waals surface area (Å²) in [7, 11) is 0. The van der Waals surface area contributed by atoms with Crippen LogP contribution in [0.25, 0.3) is 0 Å². The summed E-state index contributed by atoms with van der Waals surface area (Å²) in [5.74, 6) is 0. The molecule has 0 bridgehead atoms. The minimum atomic E-state index is 0.710. The molecule has 3 rings (SSSR count). The van der Waals surface area contributed by atoms with E-state index in [1.165, 1.54) is 0 Å². The second-order valence-electron chi connectivity index (χ2n) is 3.91. The first kappa shape index (κ1) is 12.4. The van der Waals surface area contributed by atoms with Crippen molar-refractivity contribution in [3.63, 3.8) is 0 Å². The largest absolute Gasteiger partial charge is 0.275 e. The molecule has 1 heterocycles. The van der Waals surface area contributed by atoms with E-state index in [0.29, 0.717) is 5.17 Å². The highest BCUT2D eigenvalue weighted by Gasteiger charge is 2.10. The van der Waals surface area contributed by atoms with Gasteiger partial charge in [-0.1, -0.05) is 40.2 Å². The zero-order valence-corrected chi connectivity index (χ0v) is 12.3. The van der Waals surface area contributed by atoms with Crippen molar-refractivity contribution < 1.29 is 0 Å². The molecule has 3 nitrogen and oxygen atoms in total. The number of hydrogen-bond acceptors (Lipinski definition) is 4. The summed E-state index contributed by atoms with van der Waals surface area (Å²) in [4.78, 5) is 5.53. The zero-order chi connectivity index (χ0) is 13.1. The van der Waals surface area contributed by atoms with E-state index in [9.17, 15) is 0 Å². The predicted octanol–water partition coefficient (Wildman–Crippen LogP) is 4.36. The van der Waals surface area contributed by atoms with Gasteiger partial charge in [0.15, 0.2) is 0 Å². The van der Waals surface area contributed by atoms with Crippen LogP contribution in [-0.2, 0) is 0 Å². The van der Waals surface area contributed by atoms with Crippen molar-refractivity contribution in [2.24, 2.45) is 10.1 Å².